The fourth-order valence-electron chi connectivity index (χ4n) is 10.4. The number of hydrogen-bond acceptors (Lipinski definition) is 7. The van der Waals surface area contributed by atoms with E-state index >= 15 is 0 Å². The number of allylic oxidation sites excluding steroid dienone is 1. The molecule has 0 spiro atoms. The Kier molecular flexibility index (Phi) is 8.96. The van der Waals surface area contributed by atoms with E-state index in [9.17, 15) is 18.0 Å². The van der Waals surface area contributed by atoms with Gasteiger partial charge in [-0.2, -0.15) is 5.10 Å². The highest BCUT2D eigenvalue weighted by Crippen LogP contribution is 2.48. The van der Waals surface area contributed by atoms with E-state index in [1.165, 1.54) is 12.0 Å². The number of likely N-dealkylation sites (tertiary alicyclic amines) is 1. The normalized spacial score (nSPS) is 22.2. The quantitative estimate of drug-likeness (QED) is 0.227. The maximum absolute atomic E-state index is 14.6. The average molecular weight is 751 g/mol. The van der Waals surface area contributed by atoms with Crippen LogP contribution < -0.4 is 9.46 Å². The number of ether oxygens (including phenoxy) is 1. The molecular formula is C42H50N6O5S. The third-order valence-corrected chi connectivity index (χ3v) is 14.7. The van der Waals surface area contributed by atoms with Gasteiger partial charge in [-0.05, 0) is 105 Å². The molecule has 54 heavy (non-hydrogen) atoms. The molecule has 2 aromatic heterocycles. The summed E-state index contributed by atoms with van der Waals surface area (Å²) in [5.41, 5.74) is 7.91. The molecule has 2 aliphatic carbocycles. The fourth-order valence-corrected chi connectivity index (χ4v) is 11.9. The van der Waals surface area contributed by atoms with Gasteiger partial charge in [0.05, 0.1) is 42.1 Å². The molecule has 0 radical (unpaired) electrons. The number of piperazine rings is 1. The van der Waals surface area contributed by atoms with Crippen LogP contribution in [0.2, 0.25) is 0 Å². The van der Waals surface area contributed by atoms with E-state index in [0.29, 0.717) is 36.4 Å². The van der Waals surface area contributed by atoms with E-state index in [4.69, 9.17) is 4.74 Å². The van der Waals surface area contributed by atoms with Crippen LogP contribution in [0.25, 0.3) is 33.8 Å². The standard InChI is InChI=1S/C42H50N6O5S/c1-45-24-30-14-15-31(25-45)48(30)42(50)36-22-43-46(2)39(36)29-19-28-20-32(53-3)16-18-34(28)40-38(26-9-5-4-6-10-26)35-17-13-27(21-37(35)47(40)23-29)41(49)44-54(51,52)33-11-7-8-12-33/h13,16-22,26,30-31,33H,4-12,14-15,23-25H2,1-3H3,(H,44,49)/t30-,31?/m1/s1. The largest absolute Gasteiger partial charge is 0.497 e. The van der Waals surface area contributed by atoms with Crippen LogP contribution >= 0.6 is 0 Å². The number of aryl methyl sites for hydroxylation is 1. The Balaban J connectivity index is 1.20. The number of benzene rings is 2. The van der Waals surface area contributed by atoms with Gasteiger partial charge in [0.15, 0.2) is 0 Å². The van der Waals surface area contributed by atoms with E-state index in [1.54, 1.807) is 19.4 Å². The van der Waals surface area contributed by atoms with Crippen molar-refractivity contribution >= 4 is 44.4 Å². The van der Waals surface area contributed by atoms with E-state index in [1.807, 2.05) is 29.9 Å². The van der Waals surface area contributed by atoms with Gasteiger partial charge < -0.3 is 19.1 Å². The molecule has 11 nitrogen and oxygen atoms in total. The summed E-state index contributed by atoms with van der Waals surface area (Å²) in [6, 6.07) is 12.2. The number of hydrogen-bond donors (Lipinski definition) is 1. The van der Waals surface area contributed by atoms with Gasteiger partial charge in [-0.15, -0.1) is 0 Å². The molecule has 5 heterocycles. The zero-order valence-corrected chi connectivity index (χ0v) is 32.3. The molecule has 2 amide bonds. The lowest BCUT2D eigenvalue weighted by molar-refractivity contribution is 0.0472. The lowest BCUT2D eigenvalue weighted by Crippen LogP contribution is -2.54. The number of methoxy groups -OCH3 is 1. The SMILES string of the molecule is COc1ccc2c(c1)C=C(c1c(C(=O)N3C4CC[C@@H]3CN(C)C4)cnn1C)Cn1c-2c(C2CCCCC2)c2ccc(C(=O)NS(=O)(=O)C3CCCC3)cc21. The van der Waals surface area contributed by atoms with Gasteiger partial charge in [-0.25, -0.2) is 13.1 Å². The minimum atomic E-state index is -3.79. The first kappa shape index (κ1) is 35.3. The molecule has 2 aromatic carbocycles. The zero-order valence-electron chi connectivity index (χ0n) is 31.5. The minimum Gasteiger partial charge on any atom is -0.497 e. The number of likely N-dealkylation sites (N-methyl/N-ethyl adjacent to an activating group) is 1. The molecule has 1 N–H and O–H groups in total. The smallest absolute Gasteiger partial charge is 0.264 e. The van der Waals surface area contributed by atoms with Crippen LogP contribution in [0.15, 0.2) is 42.6 Å². The monoisotopic (exact) mass is 750 g/mol. The molecule has 284 valence electrons. The number of nitrogens with zero attached hydrogens (tertiary/aromatic N) is 5. The van der Waals surface area contributed by atoms with Gasteiger partial charge in [0.1, 0.15) is 5.75 Å². The number of sulfonamides is 1. The van der Waals surface area contributed by atoms with Crippen LogP contribution in [0.3, 0.4) is 0 Å². The first-order valence-corrected chi connectivity index (χ1v) is 21.3. The van der Waals surface area contributed by atoms with Crippen molar-refractivity contribution in [3.63, 3.8) is 0 Å². The molecular weight excluding hydrogens is 701 g/mol. The summed E-state index contributed by atoms with van der Waals surface area (Å²) in [5.74, 6) is 0.496. The molecule has 2 saturated heterocycles. The lowest BCUT2D eigenvalue weighted by atomic mass is 9.81. The van der Waals surface area contributed by atoms with Crippen LogP contribution in [0.1, 0.15) is 114 Å². The van der Waals surface area contributed by atoms with E-state index < -0.39 is 21.2 Å². The molecule has 2 atom stereocenters. The van der Waals surface area contributed by atoms with Gasteiger partial charge in [0.2, 0.25) is 10.0 Å². The van der Waals surface area contributed by atoms with Crippen LogP contribution in [-0.2, 0) is 23.6 Å². The summed E-state index contributed by atoms with van der Waals surface area (Å²) >= 11 is 0. The number of carbonyl (C=O) groups excluding carboxylic acids is 2. The molecule has 12 heteroatoms. The number of nitrogens with one attached hydrogen (secondary N) is 1. The highest BCUT2D eigenvalue weighted by Gasteiger charge is 2.43. The fraction of sp³-hybridized carbons (Fsp3) is 0.500. The Bertz CT molecular complexity index is 2280. The summed E-state index contributed by atoms with van der Waals surface area (Å²) in [6.07, 6.45) is 14.5. The highest BCUT2D eigenvalue weighted by molar-refractivity contribution is 7.90. The van der Waals surface area contributed by atoms with Crippen LogP contribution in [-0.4, -0.2) is 89.0 Å². The van der Waals surface area contributed by atoms with Crippen molar-refractivity contribution in [2.45, 2.75) is 100 Å². The van der Waals surface area contributed by atoms with E-state index in [0.717, 1.165) is 109 Å². The second-order valence-electron chi connectivity index (χ2n) is 16.3. The lowest BCUT2D eigenvalue weighted by Gasteiger charge is -2.39. The Morgan fingerprint density at radius 2 is 1.59 bits per heavy atom. The van der Waals surface area contributed by atoms with E-state index in [2.05, 4.69) is 49.4 Å². The van der Waals surface area contributed by atoms with Crippen molar-refractivity contribution in [1.82, 2.24) is 28.9 Å². The van der Waals surface area contributed by atoms with Crippen LogP contribution in [0.5, 0.6) is 5.75 Å². The number of amides is 2. The minimum absolute atomic E-state index is 0.0256. The molecule has 9 rings (SSSR count). The number of aromatic nitrogens is 3. The summed E-state index contributed by atoms with van der Waals surface area (Å²) in [7, 11) is 1.92. The third-order valence-electron chi connectivity index (χ3n) is 12.9. The summed E-state index contributed by atoms with van der Waals surface area (Å²) < 4.78 is 38.7. The predicted molar refractivity (Wildman–Crippen MR) is 210 cm³/mol. The van der Waals surface area contributed by atoms with Gasteiger partial charge in [-0.3, -0.25) is 14.3 Å². The first-order chi connectivity index (χ1) is 26.1. The molecule has 1 unspecified atom stereocenters. The Labute approximate surface area is 317 Å². The van der Waals surface area contributed by atoms with Crippen molar-refractivity contribution in [3.05, 3.63) is 70.5 Å². The van der Waals surface area contributed by atoms with Crippen molar-refractivity contribution < 1.29 is 22.7 Å². The molecule has 3 aliphatic heterocycles. The maximum Gasteiger partial charge on any atom is 0.264 e. The number of fused-ring (bicyclic) bond motifs is 7. The van der Waals surface area contributed by atoms with Crippen molar-refractivity contribution in [2.75, 3.05) is 27.2 Å². The topological polar surface area (TPSA) is 119 Å². The van der Waals surface area contributed by atoms with Crippen molar-refractivity contribution in [2.24, 2.45) is 7.05 Å². The second kappa shape index (κ2) is 13.7. The van der Waals surface area contributed by atoms with Crippen molar-refractivity contribution in [1.29, 1.82) is 0 Å². The van der Waals surface area contributed by atoms with Gasteiger partial charge in [0, 0.05) is 54.3 Å². The summed E-state index contributed by atoms with van der Waals surface area (Å²) in [5, 5.41) is 5.23. The zero-order chi connectivity index (χ0) is 37.3. The first-order valence-electron chi connectivity index (χ1n) is 19.8. The summed E-state index contributed by atoms with van der Waals surface area (Å²) in [6.45, 7) is 2.17. The average Bonchev–Trinajstić information content (AvgIpc) is 3.94. The van der Waals surface area contributed by atoms with Crippen LogP contribution in [0.4, 0.5) is 0 Å². The number of carbonyl (C=O) groups is 2. The van der Waals surface area contributed by atoms with E-state index in [-0.39, 0.29) is 18.0 Å². The summed E-state index contributed by atoms with van der Waals surface area (Å²) in [4.78, 5) is 32.8. The Morgan fingerprint density at radius 1 is 0.870 bits per heavy atom. The maximum atomic E-state index is 14.6. The molecule has 5 aliphatic rings. The molecule has 4 aromatic rings. The molecule has 2 bridgehead atoms. The highest BCUT2D eigenvalue weighted by atomic mass is 32.2. The third kappa shape index (κ3) is 5.96. The Hall–Kier alpha value is -4.42. The predicted octanol–water partition coefficient (Wildman–Crippen LogP) is 6.57. The van der Waals surface area contributed by atoms with Crippen molar-refractivity contribution in [3.8, 4) is 17.0 Å². The Morgan fingerprint density at radius 3 is 2.31 bits per heavy atom. The molecule has 2 saturated carbocycles. The number of rotatable bonds is 7. The van der Waals surface area contributed by atoms with Gasteiger partial charge >= 0.3 is 0 Å². The van der Waals surface area contributed by atoms with Crippen LogP contribution in [0, 0.1) is 0 Å². The molecule has 4 fully saturated rings. The van der Waals surface area contributed by atoms with Gasteiger partial charge in [-0.1, -0.05) is 38.2 Å². The van der Waals surface area contributed by atoms with Gasteiger partial charge in [0.25, 0.3) is 11.8 Å². The second-order valence-corrected chi connectivity index (χ2v) is 18.2.